The minimum absolute atomic E-state index is 0.287. The Balaban J connectivity index is 2.36. The van der Waals surface area contributed by atoms with Crippen LogP contribution in [0.25, 0.3) is 0 Å². The van der Waals surface area contributed by atoms with Crippen LogP contribution in [0.3, 0.4) is 0 Å². The zero-order valence-corrected chi connectivity index (χ0v) is 12.7. The molecule has 4 heteroatoms. The van der Waals surface area contributed by atoms with Crippen LogP contribution in [-0.4, -0.2) is 25.8 Å². The molecule has 2 rings (SSSR count). The van der Waals surface area contributed by atoms with Gasteiger partial charge in [0.15, 0.2) is 0 Å². The minimum atomic E-state index is -0.531. The summed E-state index contributed by atoms with van der Waals surface area (Å²) in [5.74, 6) is -1.06. The Bertz CT molecular complexity index is 617. The molecule has 0 atom stereocenters. The predicted molar refractivity (Wildman–Crippen MR) is 83.0 cm³/mol. The summed E-state index contributed by atoms with van der Waals surface area (Å²) in [7, 11) is 3.11. The van der Waals surface area contributed by atoms with Gasteiger partial charge in [0.25, 0.3) is 0 Å². The zero-order valence-electron chi connectivity index (χ0n) is 12.7. The van der Waals surface area contributed by atoms with Gasteiger partial charge in [-0.3, -0.25) is 9.59 Å². The molecule has 0 fully saturated rings. The molecule has 4 nitrogen and oxygen atoms in total. The van der Waals surface area contributed by atoms with Crippen molar-refractivity contribution in [3.8, 4) is 0 Å². The van der Waals surface area contributed by atoms with Crippen molar-refractivity contribution in [3.63, 3.8) is 0 Å². The lowest BCUT2D eigenvalue weighted by Gasteiger charge is -2.10. The van der Waals surface area contributed by atoms with E-state index in [9.17, 15) is 9.59 Å². The summed E-state index contributed by atoms with van der Waals surface area (Å²) in [6.07, 6.45) is 0. The molecule has 22 heavy (non-hydrogen) atoms. The highest BCUT2D eigenvalue weighted by molar-refractivity contribution is 6.49. The molecule has 2 aromatic rings. The molecule has 0 unspecified atom stereocenters. The van der Waals surface area contributed by atoms with E-state index in [0.29, 0.717) is 22.3 Å². The monoisotopic (exact) mass is 298 g/mol. The van der Waals surface area contributed by atoms with Crippen LogP contribution in [0.15, 0.2) is 48.5 Å². The molecule has 0 amide bonds. The smallest absolute Gasteiger partial charge is 0.233 e. The molecule has 0 radical (unpaired) electrons. The van der Waals surface area contributed by atoms with Crippen LogP contribution in [0, 0.1) is 0 Å². The fraction of sp³-hybridized carbons (Fsp3) is 0.222. The van der Waals surface area contributed by atoms with Crippen molar-refractivity contribution in [1.29, 1.82) is 0 Å². The van der Waals surface area contributed by atoms with Crippen molar-refractivity contribution >= 4 is 11.6 Å². The number of ether oxygens (including phenoxy) is 2. The van der Waals surface area contributed by atoms with E-state index in [1.54, 1.807) is 50.6 Å². The highest BCUT2D eigenvalue weighted by Crippen LogP contribution is 2.17. The van der Waals surface area contributed by atoms with E-state index >= 15 is 0 Å². The van der Waals surface area contributed by atoms with Gasteiger partial charge in [-0.05, 0) is 11.1 Å². The lowest BCUT2D eigenvalue weighted by Crippen LogP contribution is -2.18. The number of rotatable bonds is 7. The number of Topliss-reactive ketones (excluding diaryl/α,β-unsaturated/α-hetero) is 2. The van der Waals surface area contributed by atoms with E-state index in [4.69, 9.17) is 9.47 Å². The van der Waals surface area contributed by atoms with Gasteiger partial charge in [-0.25, -0.2) is 0 Å². The van der Waals surface area contributed by atoms with Gasteiger partial charge in [0, 0.05) is 25.3 Å². The van der Waals surface area contributed by atoms with Gasteiger partial charge in [0.1, 0.15) is 0 Å². The molecular weight excluding hydrogens is 280 g/mol. The third-order valence-electron chi connectivity index (χ3n) is 3.33. The van der Waals surface area contributed by atoms with E-state index in [-0.39, 0.29) is 13.2 Å². The van der Waals surface area contributed by atoms with E-state index < -0.39 is 11.6 Å². The fourth-order valence-corrected chi connectivity index (χ4v) is 2.29. The van der Waals surface area contributed by atoms with E-state index in [0.717, 1.165) is 0 Å². The van der Waals surface area contributed by atoms with E-state index in [1.165, 1.54) is 0 Å². The van der Waals surface area contributed by atoms with Gasteiger partial charge in [-0.15, -0.1) is 0 Å². The summed E-state index contributed by atoms with van der Waals surface area (Å²) in [6.45, 7) is 0.573. The Morgan fingerprint density at radius 1 is 0.727 bits per heavy atom. The largest absolute Gasteiger partial charge is 0.380 e. The lowest BCUT2D eigenvalue weighted by molar-refractivity contribution is 0.0812. The Morgan fingerprint density at radius 3 is 1.45 bits per heavy atom. The first-order chi connectivity index (χ1) is 10.7. The van der Waals surface area contributed by atoms with Gasteiger partial charge < -0.3 is 9.47 Å². The second-order valence-corrected chi connectivity index (χ2v) is 4.84. The van der Waals surface area contributed by atoms with Crippen LogP contribution >= 0.6 is 0 Å². The summed E-state index contributed by atoms with van der Waals surface area (Å²) >= 11 is 0. The van der Waals surface area contributed by atoms with Crippen LogP contribution in [-0.2, 0) is 22.7 Å². The van der Waals surface area contributed by atoms with Crippen molar-refractivity contribution < 1.29 is 19.1 Å². The summed E-state index contributed by atoms with van der Waals surface area (Å²) in [5, 5.41) is 0. The molecule has 0 aromatic heterocycles. The first-order valence-corrected chi connectivity index (χ1v) is 6.91. The Morgan fingerprint density at radius 2 is 1.09 bits per heavy atom. The lowest BCUT2D eigenvalue weighted by atomic mass is 9.95. The maximum atomic E-state index is 12.6. The molecule has 0 saturated heterocycles. The number of hydrogen-bond donors (Lipinski definition) is 0. The molecule has 2 aromatic carbocycles. The first kappa shape index (κ1) is 16.1. The third kappa shape index (κ3) is 3.47. The van der Waals surface area contributed by atoms with Crippen molar-refractivity contribution in [2.45, 2.75) is 13.2 Å². The van der Waals surface area contributed by atoms with Gasteiger partial charge in [0.05, 0.1) is 13.2 Å². The summed E-state index contributed by atoms with van der Waals surface area (Å²) in [6, 6.07) is 14.0. The molecule has 0 aliphatic rings. The van der Waals surface area contributed by atoms with Crippen molar-refractivity contribution in [2.75, 3.05) is 14.2 Å². The number of ketones is 2. The van der Waals surface area contributed by atoms with Crippen molar-refractivity contribution in [1.82, 2.24) is 0 Å². The quantitative estimate of drug-likeness (QED) is 0.582. The maximum absolute atomic E-state index is 12.6. The Kier molecular flexibility index (Phi) is 5.58. The van der Waals surface area contributed by atoms with Crippen molar-refractivity contribution in [2.24, 2.45) is 0 Å². The molecule has 0 aliphatic heterocycles. The molecule has 0 aliphatic carbocycles. The van der Waals surface area contributed by atoms with Crippen LogP contribution in [0.4, 0.5) is 0 Å². The molecule has 0 N–H and O–H groups in total. The molecule has 0 bridgehead atoms. The fourth-order valence-electron chi connectivity index (χ4n) is 2.29. The van der Waals surface area contributed by atoms with Gasteiger partial charge >= 0.3 is 0 Å². The first-order valence-electron chi connectivity index (χ1n) is 6.91. The maximum Gasteiger partial charge on any atom is 0.233 e. The molecular formula is C18H18O4. The summed E-state index contributed by atoms with van der Waals surface area (Å²) in [4.78, 5) is 25.1. The number of carbonyl (C=O) groups is 2. The number of hydrogen-bond acceptors (Lipinski definition) is 4. The molecule has 0 heterocycles. The van der Waals surface area contributed by atoms with Crippen LogP contribution in [0.2, 0.25) is 0 Å². The van der Waals surface area contributed by atoms with Crippen LogP contribution in [0.1, 0.15) is 31.8 Å². The van der Waals surface area contributed by atoms with E-state index in [2.05, 4.69) is 0 Å². The third-order valence-corrected chi connectivity index (χ3v) is 3.33. The molecule has 114 valence electrons. The van der Waals surface area contributed by atoms with Crippen LogP contribution in [0.5, 0.6) is 0 Å². The predicted octanol–water partition coefficient (Wildman–Crippen LogP) is 3.05. The highest BCUT2D eigenvalue weighted by Gasteiger charge is 2.22. The average Bonchev–Trinajstić information content (AvgIpc) is 2.55. The average molecular weight is 298 g/mol. The molecule has 0 saturated carbocycles. The second-order valence-electron chi connectivity index (χ2n) is 4.84. The number of carbonyl (C=O) groups excluding carboxylic acids is 2. The number of benzene rings is 2. The zero-order chi connectivity index (χ0) is 15.9. The standard InChI is InChI=1S/C18H18O4/c1-21-11-13-7-3-5-9-15(13)17(19)18(20)16-10-6-4-8-14(16)12-22-2/h3-10H,11-12H2,1-2H3. The van der Waals surface area contributed by atoms with Gasteiger partial charge in [0.2, 0.25) is 11.6 Å². The van der Waals surface area contributed by atoms with Gasteiger partial charge in [-0.2, -0.15) is 0 Å². The normalized spacial score (nSPS) is 10.5. The van der Waals surface area contributed by atoms with E-state index in [1.807, 2.05) is 12.1 Å². The topological polar surface area (TPSA) is 52.6 Å². The van der Waals surface area contributed by atoms with Gasteiger partial charge in [-0.1, -0.05) is 48.5 Å². The summed E-state index contributed by atoms with van der Waals surface area (Å²) < 4.78 is 10.2. The SMILES string of the molecule is COCc1ccccc1C(=O)C(=O)c1ccccc1COC. The highest BCUT2D eigenvalue weighted by atomic mass is 16.5. The molecule has 0 spiro atoms. The Labute approximate surface area is 129 Å². The van der Waals surface area contributed by atoms with Crippen molar-refractivity contribution in [3.05, 3.63) is 70.8 Å². The minimum Gasteiger partial charge on any atom is -0.380 e. The Hall–Kier alpha value is -2.30. The number of methoxy groups -OCH3 is 2. The summed E-state index contributed by atoms with van der Waals surface area (Å²) in [5.41, 5.74) is 2.16. The van der Waals surface area contributed by atoms with Crippen LogP contribution < -0.4 is 0 Å². The second kappa shape index (κ2) is 7.64.